The van der Waals surface area contributed by atoms with E-state index < -0.39 is 47.5 Å². The van der Waals surface area contributed by atoms with Gasteiger partial charge in [-0.1, -0.05) is 6.07 Å². The van der Waals surface area contributed by atoms with Crippen molar-refractivity contribution in [3.05, 3.63) is 112 Å². The highest BCUT2D eigenvalue weighted by Crippen LogP contribution is 2.30. The van der Waals surface area contributed by atoms with Gasteiger partial charge < -0.3 is 19.1 Å². The highest BCUT2D eigenvalue weighted by atomic mass is 19.1. The van der Waals surface area contributed by atoms with Crippen LogP contribution in [0, 0.1) is 40.4 Å². The number of nitrogens with zero attached hydrogens (tertiary/aromatic N) is 4. The van der Waals surface area contributed by atoms with Crippen LogP contribution in [0.5, 0.6) is 5.88 Å². The van der Waals surface area contributed by atoms with Crippen LogP contribution in [0.25, 0.3) is 22.3 Å². The Hall–Kier alpha value is -5.35. The quantitative estimate of drug-likeness (QED) is 0.189. The Morgan fingerprint density at radius 1 is 0.909 bits per heavy atom. The number of methoxy groups -OCH3 is 1. The Labute approximate surface area is 246 Å². The molecule has 224 valence electrons. The largest absolute Gasteiger partial charge is 0.478 e. The van der Waals surface area contributed by atoms with Crippen molar-refractivity contribution in [3.8, 4) is 23.2 Å². The number of carbonyl (C=O) groups is 1. The summed E-state index contributed by atoms with van der Waals surface area (Å²) in [6, 6.07) is 11.3. The number of hydrogen-bond donors (Lipinski definition) is 1. The van der Waals surface area contributed by atoms with Crippen molar-refractivity contribution in [2.75, 3.05) is 13.7 Å². The van der Waals surface area contributed by atoms with Gasteiger partial charge in [0.2, 0.25) is 0 Å². The van der Waals surface area contributed by atoms with Crippen LogP contribution < -0.4 is 4.74 Å². The van der Waals surface area contributed by atoms with Gasteiger partial charge in [-0.05, 0) is 54.1 Å². The molecule has 0 atom stereocenters. The van der Waals surface area contributed by atoms with Gasteiger partial charge in [-0.2, -0.15) is 5.26 Å². The average molecular weight is 609 g/mol. The minimum atomic E-state index is -1.35. The number of aromatic carboxylic acids is 1. The SMILES string of the molecule is COCCn1c(Cc2cc(F)c(-c3ccc(F)c(OCc4ccc(C#N)cc4F)n3)cc2F)nc2c(F)cc(C(=O)O)cc21. The van der Waals surface area contributed by atoms with E-state index in [9.17, 15) is 23.1 Å². The number of fused-ring (bicyclic) bond motifs is 1. The highest BCUT2D eigenvalue weighted by molar-refractivity contribution is 5.92. The van der Waals surface area contributed by atoms with E-state index in [1.165, 1.54) is 29.9 Å². The molecule has 0 fully saturated rings. The lowest BCUT2D eigenvalue weighted by molar-refractivity contribution is 0.0696. The Morgan fingerprint density at radius 2 is 1.68 bits per heavy atom. The second-order valence-electron chi connectivity index (χ2n) is 9.59. The zero-order valence-corrected chi connectivity index (χ0v) is 22.9. The summed E-state index contributed by atoms with van der Waals surface area (Å²) < 4.78 is 86.0. The third-order valence-electron chi connectivity index (χ3n) is 6.77. The van der Waals surface area contributed by atoms with Gasteiger partial charge in [-0.15, -0.1) is 0 Å². The molecule has 1 N–H and O–H groups in total. The van der Waals surface area contributed by atoms with Gasteiger partial charge in [0.15, 0.2) is 11.6 Å². The molecule has 0 amide bonds. The monoisotopic (exact) mass is 608 g/mol. The fourth-order valence-electron chi connectivity index (χ4n) is 4.56. The smallest absolute Gasteiger partial charge is 0.335 e. The lowest BCUT2D eigenvalue weighted by Crippen LogP contribution is -2.10. The van der Waals surface area contributed by atoms with Crippen molar-refractivity contribution < 1.29 is 41.3 Å². The first-order valence-electron chi connectivity index (χ1n) is 13.0. The van der Waals surface area contributed by atoms with E-state index >= 15 is 8.78 Å². The molecule has 44 heavy (non-hydrogen) atoms. The summed E-state index contributed by atoms with van der Waals surface area (Å²) in [4.78, 5) is 19.6. The Balaban J connectivity index is 1.45. The summed E-state index contributed by atoms with van der Waals surface area (Å²) in [6.45, 7) is -0.174. The molecule has 0 bridgehead atoms. The molecule has 0 aliphatic rings. The number of carboxylic acid groups (broad SMARTS) is 1. The molecule has 0 unspecified atom stereocenters. The number of carboxylic acids is 1. The first-order chi connectivity index (χ1) is 21.1. The Bertz CT molecular complexity index is 1950. The molecular weight excluding hydrogens is 587 g/mol. The van der Waals surface area contributed by atoms with E-state index in [-0.39, 0.29) is 69.9 Å². The molecule has 2 aromatic heterocycles. The van der Waals surface area contributed by atoms with Crippen LogP contribution in [0.2, 0.25) is 0 Å². The Kier molecular flexibility index (Phi) is 8.54. The van der Waals surface area contributed by atoms with E-state index in [4.69, 9.17) is 14.7 Å². The number of ether oxygens (including phenoxy) is 2. The molecule has 0 radical (unpaired) electrons. The number of hydrogen-bond acceptors (Lipinski definition) is 6. The van der Waals surface area contributed by atoms with Crippen molar-refractivity contribution in [1.29, 1.82) is 5.26 Å². The Morgan fingerprint density at radius 3 is 2.39 bits per heavy atom. The number of pyridine rings is 1. The summed E-state index contributed by atoms with van der Waals surface area (Å²) in [5, 5.41) is 18.2. The number of halogens is 5. The number of rotatable bonds is 10. The second kappa shape index (κ2) is 12.5. The average Bonchev–Trinajstić information content (AvgIpc) is 3.35. The van der Waals surface area contributed by atoms with Crippen molar-refractivity contribution in [1.82, 2.24) is 14.5 Å². The van der Waals surface area contributed by atoms with E-state index in [0.717, 1.165) is 36.4 Å². The minimum Gasteiger partial charge on any atom is -0.478 e. The molecular formula is C31H21F5N4O4. The van der Waals surface area contributed by atoms with E-state index in [1.54, 1.807) is 6.07 Å². The van der Waals surface area contributed by atoms with Crippen LogP contribution in [-0.2, 0) is 24.3 Å². The molecule has 5 aromatic rings. The molecule has 0 aliphatic heterocycles. The van der Waals surface area contributed by atoms with E-state index in [1.807, 2.05) is 0 Å². The van der Waals surface area contributed by atoms with Crippen LogP contribution in [0.1, 0.15) is 32.9 Å². The predicted molar refractivity (Wildman–Crippen MR) is 146 cm³/mol. The van der Waals surface area contributed by atoms with Gasteiger partial charge in [0, 0.05) is 31.2 Å². The molecule has 13 heteroatoms. The van der Waals surface area contributed by atoms with Crippen molar-refractivity contribution in [2.24, 2.45) is 0 Å². The molecule has 0 saturated heterocycles. The van der Waals surface area contributed by atoms with Gasteiger partial charge in [-0.25, -0.2) is 36.7 Å². The molecule has 0 saturated carbocycles. The number of imidazole rings is 1. The van der Waals surface area contributed by atoms with Gasteiger partial charge in [0.1, 0.15) is 35.4 Å². The van der Waals surface area contributed by atoms with E-state index in [0.29, 0.717) is 0 Å². The summed E-state index contributed by atoms with van der Waals surface area (Å²) >= 11 is 0. The summed E-state index contributed by atoms with van der Waals surface area (Å²) in [5.41, 5.74) is -0.810. The maximum Gasteiger partial charge on any atom is 0.335 e. The fourth-order valence-corrected chi connectivity index (χ4v) is 4.56. The summed E-state index contributed by atoms with van der Waals surface area (Å²) in [6.07, 6.45) is -0.287. The molecule has 0 spiro atoms. The third kappa shape index (κ3) is 6.06. The molecule has 8 nitrogen and oxygen atoms in total. The van der Waals surface area contributed by atoms with Gasteiger partial charge in [0.05, 0.1) is 35.0 Å². The third-order valence-corrected chi connectivity index (χ3v) is 6.77. The van der Waals surface area contributed by atoms with Crippen molar-refractivity contribution >= 4 is 17.0 Å². The summed E-state index contributed by atoms with van der Waals surface area (Å²) in [7, 11) is 1.43. The van der Waals surface area contributed by atoms with Crippen LogP contribution >= 0.6 is 0 Å². The molecule has 2 heterocycles. The lowest BCUT2D eigenvalue weighted by Gasteiger charge is -2.12. The van der Waals surface area contributed by atoms with Gasteiger partial charge in [-0.3, -0.25) is 0 Å². The number of nitriles is 1. The predicted octanol–water partition coefficient (Wildman–Crippen LogP) is 6.18. The lowest BCUT2D eigenvalue weighted by atomic mass is 10.0. The van der Waals surface area contributed by atoms with Crippen molar-refractivity contribution in [2.45, 2.75) is 19.6 Å². The molecule has 0 aliphatic carbocycles. The summed E-state index contributed by atoms with van der Waals surface area (Å²) in [5.74, 6) is -6.13. The standard InChI is InChI=1S/C31H21F5N4O4/c1-43-7-6-40-27-11-19(31(41)42)10-25(36)29(27)39-28(40)12-18-9-24(35)20(13-23(18)34)26-5-4-21(32)30(38-26)44-15-17-3-2-16(14-37)8-22(17)33/h2-5,8-11,13H,6-7,12,15H2,1H3,(H,41,42). The fraction of sp³-hybridized carbons (Fsp3) is 0.161. The van der Waals surface area contributed by atoms with Crippen LogP contribution in [0.15, 0.2) is 54.6 Å². The van der Waals surface area contributed by atoms with Gasteiger partial charge in [0.25, 0.3) is 5.88 Å². The zero-order chi connectivity index (χ0) is 31.5. The molecule has 5 rings (SSSR count). The minimum absolute atomic E-state index is 0.0211. The number of aromatic nitrogens is 3. The maximum atomic E-state index is 15.4. The van der Waals surface area contributed by atoms with Crippen LogP contribution in [0.3, 0.4) is 0 Å². The number of benzene rings is 3. The molecule has 3 aromatic carbocycles. The maximum absolute atomic E-state index is 15.4. The first kappa shape index (κ1) is 30.1. The second-order valence-corrected chi connectivity index (χ2v) is 9.59. The normalized spacial score (nSPS) is 11.1. The zero-order valence-electron chi connectivity index (χ0n) is 22.9. The van der Waals surface area contributed by atoms with Gasteiger partial charge >= 0.3 is 5.97 Å². The van der Waals surface area contributed by atoms with Crippen LogP contribution in [-0.4, -0.2) is 39.3 Å². The highest BCUT2D eigenvalue weighted by Gasteiger charge is 2.21. The van der Waals surface area contributed by atoms with Crippen LogP contribution in [0.4, 0.5) is 22.0 Å². The first-order valence-corrected chi connectivity index (χ1v) is 13.0. The van der Waals surface area contributed by atoms with E-state index in [2.05, 4.69) is 9.97 Å². The van der Waals surface area contributed by atoms with Crippen molar-refractivity contribution in [3.63, 3.8) is 0 Å². The topological polar surface area (TPSA) is 110 Å².